The molecule has 2 aromatic heterocycles. The monoisotopic (exact) mass is 567 g/mol. The molecule has 2 atom stereocenters. The summed E-state index contributed by atoms with van der Waals surface area (Å²) in [5, 5.41) is 8.06. The third-order valence-electron chi connectivity index (χ3n) is 6.37. The van der Waals surface area contributed by atoms with Gasteiger partial charge >= 0.3 is 0 Å². The zero-order chi connectivity index (χ0) is 27.7. The lowest BCUT2D eigenvalue weighted by Crippen LogP contribution is -2.45. The molecule has 0 saturated carbocycles. The second kappa shape index (κ2) is 10.8. The Morgan fingerprint density at radius 1 is 1.10 bits per heavy atom. The van der Waals surface area contributed by atoms with Gasteiger partial charge in [0.25, 0.3) is 5.91 Å². The minimum atomic E-state index is -3.61. The number of hydrogen-bond donors (Lipinski definition) is 2. The number of rotatable bonds is 7. The van der Waals surface area contributed by atoms with Gasteiger partial charge < -0.3 is 20.3 Å². The van der Waals surface area contributed by atoms with E-state index in [0.29, 0.717) is 16.0 Å². The summed E-state index contributed by atoms with van der Waals surface area (Å²) in [6, 6.07) is 14.8. The molecule has 39 heavy (non-hydrogen) atoms. The van der Waals surface area contributed by atoms with Gasteiger partial charge in [-0.15, -0.1) is 11.3 Å². The number of carbonyl (C=O) groups excluding carboxylic acids is 2. The predicted molar refractivity (Wildman–Crippen MR) is 153 cm³/mol. The smallest absolute Gasteiger partial charge is 0.253 e. The van der Waals surface area contributed by atoms with E-state index in [1.165, 1.54) is 17.5 Å². The highest BCUT2D eigenvalue weighted by Crippen LogP contribution is 2.29. The molecule has 0 spiro atoms. The van der Waals surface area contributed by atoms with Crippen LogP contribution in [0.25, 0.3) is 22.2 Å². The Morgan fingerprint density at radius 3 is 2.59 bits per heavy atom. The van der Waals surface area contributed by atoms with Crippen LogP contribution in [0, 0.1) is 0 Å². The molecule has 3 heterocycles. The molecule has 5 rings (SSSR count). The fraction of sp³-hybridized carbons (Fsp3) is 0.296. The second-order valence-electron chi connectivity index (χ2n) is 9.60. The number of fused-ring (bicyclic) bond motifs is 1. The van der Waals surface area contributed by atoms with Crippen molar-refractivity contribution < 1.29 is 22.7 Å². The first kappa shape index (κ1) is 26.9. The molecule has 2 aromatic carbocycles. The standard InChI is InChI=1S/C27H29N5O5S2/c1-17-13-31(14-18(2)37-17)20-8-6-7-19(11-20)23-16-38-27(29-23)30-25(33)12-28-26(34)22-15-32(39(3,35)36)24-10-5-4-9-21(22)24/h4-11,15-18H,12-14H2,1-3H3,(H,28,34)(H,29,30,33)/t17-,18+. The molecule has 10 nitrogen and oxygen atoms in total. The Bertz CT molecular complexity index is 1630. The number of morpholine rings is 1. The molecular formula is C27H29N5O5S2. The quantitative estimate of drug-likeness (QED) is 0.350. The summed E-state index contributed by atoms with van der Waals surface area (Å²) in [4.78, 5) is 32.2. The third kappa shape index (κ3) is 5.97. The van der Waals surface area contributed by atoms with Crippen LogP contribution in [0.4, 0.5) is 10.8 Å². The number of ether oxygens (including phenoxy) is 1. The second-order valence-corrected chi connectivity index (χ2v) is 12.3. The number of para-hydroxylation sites is 1. The lowest BCUT2D eigenvalue weighted by Gasteiger charge is -2.37. The van der Waals surface area contributed by atoms with Crippen molar-refractivity contribution in [3.63, 3.8) is 0 Å². The van der Waals surface area contributed by atoms with E-state index in [1.807, 2.05) is 17.5 Å². The van der Waals surface area contributed by atoms with Crippen LogP contribution in [0.2, 0.25) is 0 Å². The zero-order valence-electron chi connectivity index (χ0n) is 21.7. The Hall–Kier alpha value is -3.74. The van der Waals surface area contributed by atoms with Crippen molar-refractivity contribution in [1.29, 1.82) is 0 Å². The average Bonchev–Trinajstić information content (AvgIpc) is 3.52. The molecule has 0 bridgehead atoms. The van der Waals surface area contributed by atoms with Crippen LogP contribution in [0.1, 0.15) is 24.2 Å². The Kier molecular flexibility index (Phi) is 7.43. The highest BCUT2D eigenvalue weighted by atomic mass is 32.2. The number of hydrogen-bond acceptors (Lipinski definition) is 8. The molecule has 1 fully saturated rings. The van der Waals surface area contributed by atoms with Crippen molar-refractivity contribution in [2.24, 2.45) is 0 Å². The van der Waals surface area contributed by atoms with Gasteiger partial charge in [0.1, 0.15) is 0 Å². The van der Waals surface area contributed by atoms with Crippen LogP contribution in [-0.4, -0.2) is 67.3 Å². The zero-order valence-corrected chi connectivity index (χ0v) is 23.4. The highest BCUT2D eigenvalue weighted by molar-refractivity contribution is 7.89. The maximum Gasteiger partial charge on any atom is 0.253 e. The van der Waals surface area contributed by atoms with Gasteiger partial charge in [-0.1, -0.05) is 30.3 Å². The van der Waals surface area contributed by atoms with E-state index in [4.69, 9.17) is 4.74 Å². The molecule has 12 heteroatoms. The third-order valence-corrected chi connectivity index (χ3v) is 8.14. The van der Waals surface area contributed by atoms with Gasteiger partial charge in [-0.3, -0.25) is 9.59 Å². The SMILES string of the molecule is C[C@@H]1CN(c2cccc(-c3csc(NC(=O)CNC(=O)c4cn(S(C)(=O)=O)c5ccccc45)n3)c2)C[C@H](C)O1. The van der Waals surface area contributed by atoms with Crippen molar-refractivity contribution in [3.8, 4) is 11.3 Å². The summed E-state index contributed by atoms with van der Waals surface area (Å²) >= 11 is 1.29. The van der Waals surface area contributed by atoms with Crippen molar-refractivity contribution >= 4 is 54.9 Å². The van der Waals surface area contributed by atoms with Crippen LogP contribution in [0.15, 0.2) is 60.1 Å². The fourth-order valence-corrected chi connectivity index (χ4v) is 6.29. The summed E-state index contributed by atoms with van der Waals surface area (Å²) in [7, 11) is -3.61. The van der Waals surface area contributed by atoms with E-state index >= 15 is 0 Å². The van der Waals surface area contributed by atoms with Crippen molar-refractivity contribution in [2.45, 2.75) is 26.1 Å². The first-order valence-electron chi connectivity index (χ1n) is 12.4. The van der Waals surface area contributed by atoms with E-state index in [1.54, 1.807) is 24.3 Å². The molecule has 2 N–H and O–H groups in total. The molecular weight excluding hydrogens is 538 g/mol. The molecule has 1 saturated heterocycles. The van der Waals surface area contributed by atoms with E-state index in [-0.39, 0.29) is 24.3 Å². The first-order chi connectivity index (χ1) is 18.6. The van der Waals surface area contributed by atoms with Crippen LogP contribution >= 0.6 is 11.3 Å². The number of aromatic nitrogens is 2. The number of amides is 2. The summed E-state index contributed by atoms with van der Waals surface area (Å²) in [5.74, 6) is -0.992. The first-order valence-corrected chi connectivity index (χ1v) is 15.2. The van der Waals surface area contributed by atoms with Gasteiger partial charge in [0, 0.05) is 41.3 Å². The Labute approximate surface area is 230 Å². The van der Waals surface area contributed by atoms with Gasteiger partial charge in [0.2, 0.25) is 15.9 Å². The summed E-state index contributed by atoms with van der Waals surface area (Å²) in [6.07, 6.45) is 2.64. The highest BCUT2D eigenvalue weighted by Gasteiger charge is 2.23. The number of nitrogens with zero attached hydrogens (tertiary/aromatic N) is 3. The van der Waals surface area contributed by atoms with Crippen LogP contribution < -0.4 is 15.5 Å². The molecule has 1 aliphatic rings. The maximum atomic E-state index is 12.8. The summed E-state index contributed by atoms with van der Waals surface area (Å²) in [5.41, 5.74) is 3.33. The predicted octanol–water partition coefficient (Wildman–Crippen LogP) is 3.55. The average molecular weight is 568 g/mol. The minimum Gasteiger partial charge on any atom is -0.372 e. The molecule has 0 radical (unpaired) electrons. The summed E-state index contributed by atoms with van der Waals surface area (Å²) < 4.78 is 31.2. The normalized spacial score (nSPS) is 17.8. The number of thiazole rings is 1. The van der Waals surface area contributed by atoms with Gasteiger partial charge in [0.15, 0.2) is 5.13 Å². The fourth-order valence-electron chi connectivity index (χ4n) is 4.74. The van der Waals surface area contributed by atoms with Gasteiger partial charge in [-0.25, -0.2) is 17.4 Å². The molecule has 1 aliphatic heterocycles. The van der Waals surface area contributed by atoms with Gasteiger partial charge in [-0.2, -0.15) is 0 Å². The van der Waals surface area contributed by atoms with Crippen molar-refractivity contribution in [1.82, 2.24) is 14.3 Å². The summed E-state index contributed by atoms with van der Waals surface area (Å²) in [6.45, 7) is 5.46. The van der Waals surface area contributed by atoms with E-state index < -0.39 is 21.8 Å². The molecule has 204 valence electrons. The lowest BCUT2D eigenvalue weighted by atomic mass is 10.1. The molecule has 0 aliphatic carbocycles. The number of nitrogens with one attached hydrogen (secondary N) is 2. The lowest BCUT2D eigenvalue weighted by molar-refractivity contribution is -0.115. The Morgan fingerprint density at radius 2 is 1.85 bits per heavy atom. The number of anilines is 2. The van der Waals surface area contributed by atoms with E-state index in [9.17, 15) is 18.0 Å². The van der Waals surface area contributed by atoms with Gasteiger partial charge in [-0.05, 0) is 32.0 Å². The number of benzene rings is 2. The number of carbonyl (C=O) groups is 2. The van der Waals surface area contributed by atoms with Crippen molar-refractivity contribution in [2.75, 3.05) is 36.1 Å². The van der Waals surface area contributed by atoms with E-state index in [0.717, 1.165) is 40.3 Å². The van der Waals surface area contributed by atoms with Gasteiger partial charge in [0.05, 0.1) is 41.8 Å². The van der Waals surface area contributed by atoms with Crippen LogP contribution in [-0.2, 0) is 19.6 Å². The van der Waals surface area contributed by atoms with Crippen LogP contribution in [0.5, 0.6) is 0 Å². The minimum absolute atomic E-state index is 0.150. The van der Waals surface area contributed by atoms with E-state index in [2.05, 4.69) is 46.5 Å². The maximum absolute atomic E-state index is 12.8. The molecule has 2 amide bonds. The van der Waals surface area contributed by atoms with Crippen molar-refractivity contribution in [3.05, 3.63) is 65.7 Å². The Balaban J connectivity index is 1.23. The largest absolute Gasteiger partial charge is 0.372 e. The molecule has 0 unspecified atom stereocenters. The van der Waals surface area contributed by atoms with Crippen LogP contribution in [0.3, 0.4) is 0 Å². The topological polar surface area (TPSA) is 123 Å². The molecule has 4 aromatic rings.